The number of nitrogens with two attached hydrogens (primary N) is 1. The molecule has 2 aromatic heterocycles. The number of rotatable bonds is 8. The third-order valence-electron chi connectivity index (χ3n) is 4.93. The van der Waals surface area contributed by atoms with Crippen LogP contribution in [0.5, 0.6) is 0 Å². The SMILES string of the molecule is COCCn1c(C[C@H](C#N)C(=O)NC(C)C)c(-c2ccc(Cl)cc2)c2c(N)ncnc21. The highest BCUT2D eigenvalue weighted by molar-refractivity contribution is 6.30. The Morgan fingerprint density at radius 1 is 1.32 bits per heavy atom. The Morgan fingerprint density at radius 3 is 2.65 bits per heavy atom. The van der Waals surface area contributed by atoms with Gasteiger partial charge in [0.25, 0.3) is 0 Å². The summed E-state index contributed by atoms with van der Waals surface area (Å²) in [5.41, 5.74) is 9.30. The van der Waals surface area contributed by atoms with Crippen molar-refractivity contribution in [1.29, 1.82) is 5.26 Å². The van der Waals surface area contributed by atoms with Crippen LogP contribution in [0.1, 0.15) is 19.5 Å². The molecule has 0 spiro atoms. The number of fused-ring (bicyclic) bond motifs is 1. The fourth-order valence-corrected chi connectivity index (χ4v) is 3.71. The summed E-state index contributed by atoms with van der Waals surface area (Å²) >= 11 is 6.09. The third kappa shape index (κ3) is 4.79. The van der Waals surface area contributed by atoms with E-state index in [2.05, 4.69) is 21.4 Å². The zero-order chi connectivity index (χ0) is 22.5. The van der Waals surface area contributed by atoms with E-state index < -0.39 is 5.92 Å². The predicted octanol–water partition coefficient (Wildman–Crippen LogP) is 3.19. The van der Waals surface area contributed by atoms with Crippen molar-refractivity contribution < 1.29 is 9.53 Å². The number of amides is 1. The van der Waals surface area contributed by atoms with Gasteiger partial charge in [-0.3, -0.25) is 4.79 Å². The Labute approximate surface area is 186 Å². The molecule has 0 aliphatic heterocycles. The molecular formula is C22H25ClN6O2. The van der Waals surface area contributed by atoms with Gasteiger partial charge in [-0.1, -0.05) is 23.7 Å². The first-order valence-corrected chi connectivity index (χ1v) is 10.3. The number of nitriles is 1. The van der Waals surface area contributed by atoms with Crippen molar-refractivity contribution in [2.75, 3.05) is 19.5 Å². The zero-order valence-corrected chi connectivity index (χ0v) is 18.5. The number of benzene rings is 1. The number of hydrogen-bond donors (Lipinski definition) is 2. The summed E-state index contributed by atoms with van der Waals surface area (Å²) in [6, 6.07) is 9.40. The number of nitrogens with one attached hydrogen (secondary N) is 1. The molecule has 8 nitrogen and oxygen atoms in total. The van der Waals surface area contributed by atoms with Crippen molar-refractivity contribution in [3.8, 4) is 17.2 Å². The first-order chi connectivity index (χ1) is 14.9. The quantitative estimate of drug-likeness (QED) is 0.555. The second kappa shape index (κ2) is 9.77. The Kier molecular flexibility index (Phi) is 7.10. The highest BCUT2D eigenvalue weighted by atomic mass is 35.5. The number of carbonyl (C=O) groups is 1. The molecule has 0 unspecified atom stereocenters. The summed E-state index contributed by atoms with van der Waals surface area (Å²) < 4.78 is 7.24. The van der Waals surface area contributed by atoms with Crippen LogP contribution < -0.4 is 11.1 Å². The van der Waals surface area contributed by atoms with Gasteiger partial charge in [-0.15, -0.1) is 0 Å². The van der Waals surface area contributed by atoms with Crippen molar-refractivity contribution in [3.05, 3.63) is 41.3 Å². The molecule has 1 atom stereocenters. The van der Waals surface area contributed by atoms with E-state index in [1.165, 1.54) is 6.33 Å². The molecule has 31 heavy (non-hydrogen) atoms. The predicted molar refractivity (Wildman–Crippen MR) is 120 cm³/mol. The minimum Gasteiger partial charge on any atom is -0.383 e. The monoisotopic (exact) mass is 440 g/mol. The molecular weight excluding hydrogens is 416 g/mol. The van der Waals surface area contributed by atoms with E-state index in [1.54, 1.807) is 19.2 Å². The van der Waals surface area contributed by atoms with Crippen LogP contribution in [0.2, 0.25) is 5.02 Å². The molecule has 0 saturated heterocycles. The fraction of sp³-hybridized carbons (Fsp3) is 0.364. The number of hydrogen-bond acceptors (Lipinski definition) is 6. The molecule has 9 heteroatoms. The molecule has 0 radical (unpaired) electrons. The van der Waals surface area contributed by atoms with E-state index in [9.17, 15) is 10.1 Å². The molecule has 3 N–H and O–H groups in total. The molecule has 1 aromatic carbocycles. The second-order valence-corrected chi connectivity index (χ2v) is 7.92. The standard InChI is InChI=1S/C22H25ClN6O2/c1-13(2)28-22(30)15(11-24)10-17-18(14-4-6-16(23)7-5-14)19-20(25)26-12-27-21(19)29(17)8-9-31-3/h4-7,12-13,15H,8-10H2,1-3H3,(H,28,30)(H2,25,26,27)/t15-/m1/s1. The summed E-state index contributed by atoms with van der Waals surface area (Å²) in [7, 11) is 1.61. The molecule has 0 aliphatic carbocycles. The van der Waals surface area contributed by atoms with Crippen LogP contribution in [0.3, 0.4) is 0 Å². The lowest BCUT2D eigenvalue weighted by Crippen LogP contribution is -2.36. The number of aromatic nitrogens is 3. The summed E-state index contributed by atoms with van der Waals surface area (Å²) in [5, 5.41) is 13.9. The van der Waals surface area contributed by atoms with E-state index in [4.69, 9.17) is 22.1 Å². The molecule has 1 amide bonds. The van der Waals surface area contributed by atoms with Crippen LogP contribution in [-0.4, -0.2) is 40.2 Å². The largest absolute Gasteiger partial charge is 0.383 e. The van der Waals surface area contributed by atoms with Crippen LogP contribution in [0, 0.1) is 17.2 Å². The van der Waals surface area contributed by atoms with Gasteiger partial charge in [0.05, 0.1) is 18.1 Å². The molecule has 3 rings (SSSR count). The highest BCUT2D eigenvalue weighted by Gasteiger charge is 2.27. The van der Waals surface area contributed by atoms with Gasteiger partial charge >= 0.3 is 0 Å². The lowest BCUT2D eigenvalue weighted by Gasteiger charge is -2.16. The van der Waals surface area contributed by atoms with Crippen LogP contribution in [0.4, 0.5) is 5.82 Å². The van der Waals surface area contributed by atoms with Crippen LogP contribution in [0.15, 0.2) is 30.6 Å². The average molecular weight is 441 g/mol. The highest BCUT2D eigenvalue weighted by Crippen LogP contribution is 2.38. The van der Waals surface area contributed by atoms with Crippen LogP contribution in [0.25, 0.3) is 22.2 Å². The number of anilines is 1. The van der Waals surface area contributed by atoms with Crippen molar-refractivity contribution in [1.82, 2.24) is 19.9 Å². The van der Waals surface area contributed by atoms with E-state index in [1.807, 2.05) is 30.5 Å². The van der Waals surface area contributed by atoms with Gasteiger partial charge in [-0.05, 0) is 31.5 Å². The van der Waals surface area contributed by atoms with Gasteiger partial charge in [0.15, 0.2) is 0 Å². The summed E-state index contributed by atoms with van der Waals surface area (Å²) in [6.07, 6.45) is 1.59. The third-order valence-corrected chi connectivity index (χ3v) is 5.18. The Bertz CT molecular complexity index is 1120. The summed E-state index contributed by atoms with van der Waals surface area (Å²) in [6.45, 7) is 4.63. The van der Waals surface area contributed by atoms with Gasteiger partial charge in [-0.2, -0.15) is 5.26 Å². The van der Waals surface area contributed by atoms with Crippen molar-refractivity contribution in [2.24, 2.45) is 5.92 Å². The maximum Gasteiger partial charge on any atom is 0.237 e. The van der Waals surface area contributed by atoms with Gasteiger partial charge in [0, 0.05) is 42.4 Å². The summed E-state index contributed by atoms with van der Waals surface area (Å²) in [4.78, 5) is 21.3. The van der Waals surface area contributed by atoms with E-state index in [0.717, 1.165) is 16.8 Å². The molecule has 3 aromatic rings. The van der Waals surface area contributed by atoms with Gasteiger partial charge < -0.3 is 20.4 Å². The fourth-order valence-electron chi connectivity index (χ4n) is 3.58. The molecule has 162 valence electrons. The first-order valence-electron chi connectivity index (χ1n) is 9.93. The number of nitrogen functional groups attached to an aromatic ring is 1. The Morgan fingerprint density at radius 2 is 2.03 bits per heavy atom. The number of nitrogens with zero attached hydrogens (tertiary/aromatic N) is 4. The van der Waals surface area contributed by atoms with E-state index in [0.29, 0.717) is 35.0 Å². The molecule has 0 bridgehead atoms. The normalized spacial score (nSPS) is 12.1. The molecule has 2 heterocycles. The number of carbonyl (C=O) groups excluding carboxylic acids is 1. The van der Waals surface area contributed by atoms with E-state index >= 15 is 0 Å². The minimum absolute atomic E-state index is 0.0695. The van der Waals surface area contributed by atoms with Crippen LogP contribution >= 0.6 is 11.6 Å². The Hall–Kier alpha value is -3.15. The Balaban J connectivity index is 2.24. The maximum atomic E-state index is 12.7. The second-order valence-electron chi connectivity index (χ2n) is 7.48. The molecule has 0 aliphatic rings. The topological polar surface area (TPSA) is 119 Å². The molecule has 0 saturated carbocycles. The van der Waals surface area contributed by atoms with Crippen molar-refractivity contribution >= 4 is 34.4 Å². The smallest absolute Gasteiger partial charge is 0.237 e. The van der Waals surface area contributed by atoms with Crippen molar-refractivity contribution in [2.45, 2.75) is 32.9 Å². The van der Waals surface area contributed by atoms with Gasteiger partial charge in [0.1, 0.15) is 23.7 Å². The summed E-state index contributed by atoms with van der Waals surface area (Å²) in [5.74, 6) is -0.872. The van der Waals surface area contributed by atoms with Gasteiger partial charge in [-0.25, -0.2) is 9.97 Å². The minimum atomic E-state index is -0.881. The van der Waals surface area contributed by atoms with Gasteiger partial charge in [0.2, 0.25) is 5.91 Å². The first kappa shape index (κ1) is 22.5. The number of ether oxygens (including phenoxy) is 1. The lowest BCUT2D eigenvalue weighted by molar-refractivity contribution is -0.123. The van der Waals surface area contributed by atoms with Crippen LogP contribution in [-0.2, 0) is 22.5 Å². The maximum absolute atomic E-state index is 12.7. The van der Waals surface area contributed by atoms with E-state index in [-0.39, 0.29) is 18.4 Å². The lowest BCUT2D eigenvalue weighted by atomic mass is 9.96. The number of methoxy groups -OCH3 is 1. The number of halogens is 1. The van der Waals surface area contributed by atoms with Crippen molar-refractivity contribution in [3.63, 3.8) is 0 Å². The molecule has 0 fully saturated rings. The average Bonchev–Trinajstić information content (AvgIpc) is 3.04. The zero-order valence-electron chi connectivity index (χ0n) is 17.7.